The molecule has 0 saturated heterocycles. The second-order valence-corrected chi connectivity index (χ2v) is 7.46. The number of halogens is 1. The minimum Gasteiger partial charge on any atom is -0.351 e. The number of allylic oxidation sites excluding steroid dienone is 2. The molecular formula is C16H12FN3O4S. The molecule has 1 aliphatic carbocycles. The molecule has 1 aliphatic rings. The van der Waals surface area contributed by atoms with E-state index in [0.717, 1.165) is 24.8 Å². The molecule has 0 bridgehead atoms. The first-order chi connectivity index (χ1) is 11.7. The summed E-state index contributed by atoms with van der Waals surface area (Å²) in [7, 11) is -4.05. The number of carbonyl (C=O) groups excluding carboxylic acids is 2. The number of nitrogens with zero attached hydrogens (tertiary/aromatic N) is 2. The van der Waals surface area contributed by atoms with E-state index in [9.17, 15) is 22.4 Å². The number of ketones is 2. The van der Waals surface area contributed by atoms with Gasteiger partial charge in [0, 0.05) is 18.1 Å². The molecule has 1 N–H and O–H groups in total. The van der Waals surface area contributed by atoms with Crippen LogP contribution >= 0.6 is 0 Å². The highest BCUT2D eigenvalue weighted by atomic mass is 32.2. The van der Waals surface area contributed by atoms with Gasteiger partial charge in [0.05, 0.1) is 5.56 Å². The highest BCUT2D eigenvalue weighted by Gasteiger charge is 2.38. The third-order valence-corrected chi connectivity index (χ3v) is 4.78. The third-order valence-electron chi connectivity index (χ3n) is 3.64. The van der Waals surface area contributed by atoms with Crippen LogP contribution in [0.15, 0.2) is 41.3 Å². The fraction of sp³-hybridized carbons (Fsp3) is 0.125. The Balaban J connectivity index is 2.20. The summed E-state index contributed by atoms with van der Waals surface area (Å²) in [5.41, 5.74) is -0.317. The van der Waals surface area contributed by atoms with Gasteiger partial charge >= 0.3 is 0 Å². The van der Waals surface area contributed by atoms with Gasteiger partial charge in [-0.1, -0.05) is 6.07 Å². The van der Waals surface area contributed by atoms with Crippen molar-refractivity contribution in [1.82, 2.24) is 9.97 Å². The van der Waals surface area contributed by atoms with Gasteiger partial charge in [-0.2, -0.15) is 0 Å². The molecule has 0 unspecified atom stereocenters. The van der Waals surface area contributed by atoms with E-state index >= 15 is 0 Å². The first kappa shape index (κ1) is 16.9. The maximum atomic E-state index is 13.7. The Morgan fingerprint density at radius 3 is 2.52 bits per heavy atom. The van der Waals surface area contributed by atoms with Crippen molar-refractivity contribution in [3.8, 4) is 0 Å². The molecule has 0 radical (unpaired) electrons. The number of sulfone groups is 1. The number of aryl methyl sites for hydroxylation is 1. The average molecular weight is 361 g/mol. The van der Waals surface area contributed by atoms with Gasteiger partial charge in [0.15, 0.2) is 9.84 Å². The lowest BCUT2D eigenvalue weighted by Crippen LogP contribution is -2.30. The van der Waals surface area contributed by atoms with Crippen LogP contribution in [-0.4, -0.2) is 36.2 Å². The van der Waals surface area contributed by atoms with Crippen LogP contribution in [0.1, 0.15) is 26.4 Å². The topological polar surface area (TPSA) is 106 Å². The molecule has 0 spiro atoms. The third kappa shape index (κ3) is 2.93. The molecule has 25 heavy (non-hydrogen) atoms. The Morgan fingerprint density at radius 1 is 1.16 bits per heavy atom. The average Bonchev–Trinajstić information content (AvgIpc) is 2.54. The Labute approximate surface area is 142 Å². The second kappa shape index (κ2) is 5.85. The number of nitrogens with one attached hydrogen (secondary N) is 1. The highest BCUT2D eigenvalue weighted by molar-refractivity contribution is 7.95. The zero-order valence-electron chi connectivity index (χ0n) is 13.2. The monoisotopic (exact) mass is 361 g/mol. The lowest BCUT2D eigenvalue weighted by Gasteiger charge is -2.20. The minimum atomic E-state index is -4.05. The van der Waals surface area contributed by atoms with Crippen molar-refractivity contribution in [2.45, 2.75) is 6.92 Å². The Morgan fingerprint density at radius 2 is 1.88 bits per heavy atom. The highest BCUT2D eigenvalue weighted by Crippen LogP contribution is 2.29. The maximum Gasteiger partial charge on any atom is 0.225 e. The van der Waals surface area contributed by atoms with E-state index in [1.54, 1.807) is 6.92 Å². The number of rotatable bonds is 3. The van der Waals surface area contributed by atoms with Crippen molar-refractivity contribution >= 4 is 27.1 Å². The Hall–Kier alpha value is -2.94. The number of benzene rings is 1. The number of aromatic nitrogens is 2. The fourth-order valence-corrected chi connectivity index (χ4v) is 3.37. The van der Waals surface area contributed by atoms with Crippen LogP contribution in [-0.2, 0) is 9.84 Å². The Kier molecular flexibility index (Phi) is 3.96. The first-order valence-electron chi connectivity index (χ1n) is 7.07. The summed E-state index contributed by atoms with van der Waals surface area (Å²) in [5.74, 6) is -2.20. The van der Waals surface area contributed by atoms with Crippen molar-refractivity contribution in [3.63, 3.8) is 0 Å². The van der Waals surface area contributed by atoms with Gasteiger partial charge in [-0.15, -0.1) is 0 Å². The molecule has 7 nitrogen and oxygen atoms in total. The van der Waals surface area contributed by atoms with Crippen LogP contribution in [0, 0.1) is 12.7 Å². The molecule has 0 saturated carbocycles. The van der Waals surface area contributed by atoms with Gasteiger partial charge in [0.25, 0.3) is 0 Å². The molecule has 2 aromatic rings. The zero-order valence-corrected chi connectivity index (χ0v) is 14.0. The normalized spacial score (nSPS) is 14.5. The molecule has 0 aliphatic heterocycles. The SMILES string of the molecule is Cc1ccc(NC2=C(S(C)(=O)=O)C(=O)c3ncncc3C2=O)cc1F. The van der Waals surface area contributed by atoms with E-state index in [1.165, 1.54) is 12.1 Å². The predicted octanol–water partition coefficient (Wildman–Crippen LogP) is 1.67. The van der Waals surface area contributed by atoms with Crippen molar-refractivity contribution < 1.29 is 22.4 Å². The minimum absolute atomic E-state index is 0.116. The molecule has 1 aromatic heterocycles. The number of hydrogen-bond donors (Lipinski definition) is 1. The van der Waals surface area contributed by atoms with Gasteiger partial charge in [0.2, 0.25) is 11.6 Å². The fourth-order valence-electron chi connectivity index (χ4n) is 2.42. The molecule has 9 heteroatoms. The summed E-state index contributed by atoms with van der Waals surface area (Å²) in [6.07, 6.45) is 3.01. The first-order valence-corrected chi connectivity index (χ1v) is 8.96. The largest absolute Gasteiger partial charge is 0.351 e. The molecule has 0 amide bonds. The van der Waals surface area contributed by atoms with E-state index in [-0.39, 0.29) is 16.9 Å². The molecule has 1 aromatic carbocycles. The summed E-state index contributed by atoms with van der Waals surface area (Å²) < 4.78 is 37.9. The van der Waals surface area contributed by atoms with Crippen LogP contribution in [0.3, 0.4) is 0 Å². The molecule has 1 heterocycles. The molecule has 0 fully saturated rings. The number of anilines is 1. The van der Waals surface area contributed by atoms with E-state index in [1.807, 2.05) is 0 Å². The van der Waals surface area contributed by atoms with Crippen LogP contribution in [0.2, 0.25) is 0 Å². The number of Topliss-reactive ketones (excluding diaryl/α,β-unsaturated/α-hetero) is 2. The van der Waals surface area contributed by atoms with E-state index < -0.39 is 37.8 Å². The van der Waals surface area contributed by atoms with Crippen molar-refractivity contribution in [3.05, 3.63) is 64.0 Å². The number of hydrogen-bond acceptors (Lipinski definition) is 7. The van der Waals surface area contributed by atoms with Crippen molar-refractivity contribution in [2.24, 2.45) is 0 Å². The second-order valence-electron chi connectivity index (χ2n) is 5.51. The summed E-state index contributed by atoms with van der Waals surface area (Å²) in [5, 5.41) is 2.56. The van der Waals surface area contributed by atoms with Gasteiger partial charge in [-0.05, 0) is 24.6 Å². The van der Waals surface area contributed by atoms with Crippen molar-refractivity contribution in [1.29, 1.82) is 0 Å². The smallest absolute Gasteiger partial charge is 0.225 e. The molecular weight excluding hydrogens is 349 g/mol. The van der Waals surface area contributed by atoms with Gasteiger partial charge in [0.1, 0.15) is 28.4 Å². The lowest BCUT2D eigenvalue weighted by atomic mass is 9.98. The van der Waals surface area contributed by atoms with Crippen LogP contribution in [0.5, 0.6) is 0 Å². The van der Waals surface area contributed by atoms with Gasteiger partial charge < -0.3 is 5.32 Å². The van der Waals surface area contributed by atoms with Crippen LogP contribution < -0.4 is 5.32 Å². The van der Waals surface area contributed by atoms with E-state index in [0.29, 0.717) is 5.56 Å². The van der Waals surface area contributed by atoms with Crippen LogP contribution in [0.4, 0.5) is 10.1 Å². The van der Waals surface area contributed by atoms with Crippen LogP contribution in [0.25, 0.3) is 0 Å². The summed E-state index contributed by atoms with van der Waals surface area (Å²) in [6, 6.07) is 4.04. The predicted molar refractivity (Wildman–Crippen MR) is 87.3 cm³/mol. The number of fused-ring (bicyclic) bond motifs is 1. The molecule has 128 valence electrons. The quantitative estimate of drug-likeness (QED) is 0.886. The van der Waals surface area contributed by atoms with Gasteiger partial charge in [-0.3, -0.25) is 9.59 Å². The number of carbonyl (C=O) groups is 2. The summed E-state index contributed by atoms with van der Waals surface area (Å²) in [6.45, 7) is 1.56. The summed E-state index contributed by atoms with van der Waals surface area (Å²) >= 11 is 0. The standard InChI is InChI=1S/C16H12FN3O4S/c1-8-3-4-9(5-11(8)17)20-13-14(21)10-6-18-7-19-12(10)15(22)16(13)25(2,23)24/h3-7,20H,1-2H3. The maximum absolute atomic E-state index is 13.7. The lowest BCUT2D eigenvalue weighted by molar-refractivity contribution is 0.0977. The zero-order chi connectivity index (χ0) is 18.4. The van der Waals surface area contributed by atoms with E-state index in [4.69, 9.17) is 0 Å². The van der Waals surface area contributed by atoms with E-state index in [2.05, 4.69) is 15.3 Å². The molecule has 0 atom stereocenters. The molecule has 3 rings (SSSR count). The van der Waals surface area contributed by atoms with Gasteiger partial charge in [-0.25, -0.2) is 22.8 Å². The van der Waals surface area contributed by atoms with Crippen molar-refractivity contribution in [2.75, 3.05) is 11.6 Å². The Bertz CT molecular complexity index is 1060. The summed E-state index contributed by atoms with van der Waals surface area (Å²) in [4.78, 5) is 31.9.